The number of Topliss-reactive ketones (excluding diaryl/α,β-unsaturated/α-hetero) is 1. The summed E-state index contributed by atoms with van der Waals surface area (Å²) in [4.78, 5) is 23.5. The second-order valence-electron chi connectivity index (χ2n) is 6.28. The first kappa shape index (κ1) is 19.6. The van der Waals surface area contributed by atoms with Crippen LogP contribution >= 0.6 is 11.8 Å². The Morgan fingerprint density at radius 1 is 1.28 bits per heavy atom. The van der Waals surface area contributed by atoms with Crippen molar-refractivity contribution in [2.45, 2.75) is 44.8 Å². The van der Waals surface area contributed by atoms with E-state index in [-0.39, 0.29) is 11.7 Å². The maximum atomic E-state index is 12.0. The molecule has 0 fully saturated rings. The van der Waals surface area contributed by atoms with Crippen molar-refractivity contribution >= 4 is 23.5 Å². The highest BCUT2D eigenvalue weighted by Crippen LogP contribution is 2.25. The Balaban J connectivity index is 1.74. The molecule has 136 valence electrons. The van der Waals surface area contributed by atoms with Gasteiger partial charge in [-0.25, -0.2) is 0 Å². The summed E-state index contributed by atoms with van der Waals surface area (Å²) in [5.41, 5.74) is 3.09. The number of nitrogens with one attached hydrogen (secondary N) is 1. The molecular weight excluding hydrogens is 334 g/mol. The highest BCUT2D eigenvalue weighted by Gasteiger charge is 2.09. The fourth-order valence-electron chi connectivity index (χ4n) is 2.91. The summed E-state index contributed by atoms with van der Waals surface area (Å²) in [6.07, 6.45) is 8.21. The summed E-state index contributed by atoms with van der Waals surface area (Å²) in [7, 11) is 1.61. The zero-order chi connectivity index (χ0) is 18.1. The van der Waals surface area contributed by atoms with Gasteiger partial charge in [-0.15, -0.1) is 11.8 Å². The summed E-state index contributed by atoms with van der Waals surface area (Å²) < 4.78 is 5.34. The van der Waals surface area contributed by atoms with Crippen molar-refractivity contribution in [2.24, 2.45) is 0 Å². The van der Waals surface area contributed by atoms with Crippen LogP contribution in [0.3, 0.4) is 0 Å². The SMILES string of the molecule is COc1ccc(C(C)=O)cc1CSCC(=O)NCCC1=CCCCC1. The van der Waals surface area contributed by atoms with Crippen molar-refractivity contribution in [3.8, 4) is 5.75 Å². The maximum absolute atomic E-state index is 12.0. The van der Waals surface area contributed by atoms with E-state index in [1.54, 1.807) is 20.1 Å². The number of thioether (sulfide) groups is 1. The van der Waals surface area contributed by atoms with Crippen molar-refractivity contribution in [3.05, 3.63) is 41.0 Å². The Morgan fingerprint density at radius 2 is 2.12 bits per heavy atom. The van der Waals surface area contributed by atoms with Crippen LogP contribution in [0.2, 0.25) is 0 Å². The van der Waals surface area contributed by atoms with Crippen LogP contribution in [-0.2, 0) is 10.5 Å². The first-order chi connectivity index (χ1) is 12.1. The predicted octanol–water partition coefficient (Wildman–Crippen LogP) is 4.14. The van der Waals surface area contributed by atoms with E-state index in [0.29, 0.717) is 23.6 Å². The molecule has 0 aliphatic heterocycles. The number of allylic oxidation sites excluding steroid dienone is 1. The third-order valence-corrected chi connectivity index (χ3v) is 5.31. The number of carbonyl (C=O) groups is 2. The molecule has 1 aromatic rings. The summed E-state index contributed by atoms with van der Waals surface area (Å²) in [6, 6.07) is 5.42. The molecule has 1 aliphatic rings. The molecule has 0 spiro atoms. The minimum Gasteiger partial charge on any atom is -0.496 e. The van der Waals surface area contributed by atoms with Gasteiger partial charge in [-0.3, -0.25) is 9.59 Å². The molecule has 0 saturated carbocycles. The Hall–Kier alpha value is -1.75. The summed E-state index contributed by atoms with van der Waals surface area (Å²) in [6.45, 7) is 2.27. The lowest BCUT2D eigenvalue weighted by molar-refractivity contribution is -0.118. The molecule has 1 amide bonds. The highest BCUT2D eigenvalue weighted by atomic mass is 32.2. The van der Waals surface area contributed by atoms with Gasteiger partial charge in [0, 0.05) is 23.4 Å². The van der Waals surface area contributed by atoms with Crippen LogP contribution in [0.1, 0.15) is 54.9 Å². The Bertz CT molecular complexity index is 640. The van der Waals surface area contributed by atoms with E-state index in [9.17, 15) is 9.59 Å². The van der Waals surface area contributed by atoms with Gasteiger partial charge in [0.1, 0.15) is 5.75 Å². The van der Waals surface area contributed by atoms with Crippen LogP contribution in [0, 0.1) is 0 Å². The topological polar surface area (TPSA) is 55.4 Å². The Kier molecular flexibility index (Phi) is 8.06. The molecule has 1 N–H and O–H groups in total. The minimum atomic E-state index is 0.0312. The fourth-order valence-corrected chi connectivity index (χ4v) is 3.74. The first-order valence-electron chi connectivity index (χ1n) is 8.80. The zero-order valence-corrected chi connectivity index (χ0v) is 15.9. The van der Waals surface area contributed by atoms with E-state index in [1.807, 2.05) is 12.1 Å². The second kappa shape index (κ2) is 10.3. The van der Waals surface area contributed by atoms with Gasteiger partial charge in [0.15, 0.2) is 5.78 Å². The van der Waals surface area contributed by atoms with Crippen LogP contribution in [0.15, 0.2) is 29.8 Å². The Labute approximate surface area is 154 Å². The second-order valence-corrected chi connectivity index (χ2v) is 7.27. The minimum absolute atomic E-state index is 0.0312. The van der Waals surface area contributed by atoms with E-state index >= 15 is 0 Å². The molecule has 1 aliphatic carbocycles. The molecule has 0 aromatic heterocycles. The fraction of sp³-hybridized carbons (Fsp3) is 0.500. The van der Waals surface area contributed by atoms with Crippen molar-refractivity contribution in [1.29, 1.82) is 0 Å². The van der Waals surface area contributed by atoms with Crippen molar-refractivity contribution < 1.29 is 14.3 Å². The molecule has 0 atom stereocenters. The lowest BCUT2D eigenvalue weighted by Gasteiger charge is -2.13. The van der Waals surface area contributed by atoms with Crippen LogP contribution in [0.25, 0.3) is 0 Å². The molecule has 0 saturated heterocycles. The molecular formula is C20H27NO3S. The van der Waals surface area contributed by atoms with Gasteiger partial charge >= 0.3 is 0 Å². The average Bonchev–Trinajstić information content (AvgIpc) is 2.62. The van der Waals surface area contributed by atoms with Gasteiger partial charge in [-0.05, 0) is 57.2 Å². The number of methoxy groups -OCH3 is 1. The van der Waals surface area contributed by atoms with E-state index in [1.165, 1.54) is 43.0 Å². The monoisotopic (exact) mass is 361 g/mol. The third kappa shape index (κ3) is 6.58. The number of ether oxygens (including phenoxy) is 1. The number of rotatable bonds is 9. The molecule has 5 heteroatoms. The van der Waals surface area contributed by atoms with Gasteiger partial charge in [-0.1, -0.05) is 11.6 Å². The van der Waals surface area contributed by atoms with E-state index in [4.69, 9.17) is 4.74 Å². The van der Waals surface area contributed by atoms with Crippen LogP contribution < -0.4 is 10.1 Å². The molecule has 0 bridgehead atoms. The van der Waals surface area contributed by atoms with Gasteiger partial charge in [0.05, 0.1) is 12.9 Å². The lowest BCUT2D eigenvalue weighted by Crippen LogP contribution is -2.26. The lowest BCUT2D eigenvalue weighted by atomic mass is 9.97. The quantitative estimate of drug-likeness (QED) is 0.530. The van der Waals surface area contributed by atoms with Crippen LogP contribution in [-0.4, -0.2) is 31.1 Å². The zero-order valence-electron chi connectivity index (χ0n) is 15.1. The maximum Gasteiger partial charge on any atom is 0.230 e. The molecule has 1 aromatic carbocycles. The summed E-state index contributed by atoms with van der Waals surface area (Å²) in [5, 5.41) is 2.99. The number of hydrogen-bond donors (Lipinski definition) is 1. The Morgan fingerprint density at radius 3 is 2.80 bits per heavy atom. The van der Waals surface area contributed by atoms with E-state index < -0.39 is 0 Å². The number of amides is 1. The van der Waals surface area contributed by atoms with E-state index in [0.717, 1.165) is 17.7 Å². The molecule has 0 unspecified atom stereocenters. The van der Waals surface area contributed by atoms with Gasteiger partial charge in [-0.2, -0.15) is 0 Å². The normalized spacial score (nSPS) is 13.9. The number of hydrogen-bond acceptors (Lipinski definition) is 4. The largest absolute Gasteiger partial charge is 0.496 e. The first-order valence-corrected chi connectivity index (χ1v) is 9.96. The summed E-state index contributed by atoms with van der Waals surface area (Å²) in [5.74, 6) is 1.89. The number of benzene rings is 1. The predicted molar refractivity (Wildman–Crippen MR) is 103 cm³/mol. The van der Waals surface area contributed by atoms with Crippen LogP contribution in [0.5, 0.6) is 5.75 Å². The van der Waals surface area contributed by atoms with Gasteiger partial charge < -0.3 is 10.1 Å². The molecule has 4 nitrogen and oxygen atoms in total. The van der Waals surface area contributed by atoms with E-state index in [2.05, 4.69) is 11.4 Å². The van der Waals surface area contributed by atoms with Crippen molar-refractivity contribution in [2.75, 3.05) is 19.4 Å². The van der Waals surface area contributed by atoms with Crippen molar-refractivity contribution in [1.82, 2.24) is 5.32 Å². The van der Waals surface area contributed by atoms with Gasteiger partial charge in [0.25, 0.3) is 0 Å². The van der Waals surface area contributed by atoms with Gasteiger partial charge in [0.2, 0.25) is 5.91 Å². The summed E-state index contributed by atoms with van der Waals surface area (Å²) >= 11 is 1.53. The third-order valence-electron chi connectivity index (χ3n) is 4.33. The standard InChI is InChI=1S/C20H27NO3S/c1-15(22)17-8-9-19(24-2)18(12-17)13-25-14-20(23)21-11-10-16-6-4-3-5-7-16/h6,8-9,12H,3-5,7,10-11,13-14H2,1-2H3,(H,21,23). The van der Waals surface area contributed by atoms with Crippen LogP contribution in [0.4, 0.5) is 0 Å². The molecule has 25 heavy (non-hydrogen) atoms. The molecule has 0 radical (unpaired) electrons. The number of carbonyl (C=O) groups excluding carboxylic acids is 2. The van der Waals surface area contributed by atoms with Crippen molar-refractivity contribution in [3.63, 3.8) is 0 Å². The highest BCUT2D eigenvalue weighted by molar-refractivity contribution is 7.99. The smallest absolute Gasteiger partial charge is 0.230 e. The molecule has 0 heterocycles. The average molecular weight is 362 g/mol. The number of ketones is 1. The molecule has 2 rings (SSSR count).